The maximum atomic E-state index is 12.3. The minimum atomic E-state index is 0.0835. The zero-order chi connectivity index (χ0) is 14.9. The topological polar surface area (TPSA) is 43.4 Å². The molecule has 22 heavy (non-hydrogen) atoms. The maximum absolute atomic E-state index is 12.3. The van der Waals surface area contributed by atoms with E-state index in [1.165, 1.54) is 0 Å². The van der Waals surface area contributed by atoms with Crippen LogP contribution in [0.5, 0.6) is 0 Å². The van der Waals surface area contributed by atoms with Gasteiger partial charge in [-0.1, -0.05) is 48.5 Å². The van der Waals surface area contributed by atoms with E-state index < -0.39 is 0 Å². The van der Waals surface area contributed by atoms with Crippen LogP contribution in [0.25, 0.3) is 21.5 Å². The molecule has 0 atom stereocenters. The summed E-state index contributed by atoms with van der Waals surface area (Å²) in [5.74, 6) is 1.52. The van der Waals surface area contributed by atoms with Gasteiger partial charge in [0.15, 0.2) is 0 Å². The van der Waals surface area contributed by atoms with Crippen molar-refractivity contribution in [2.24, 2.45) is 0 Å². The molecule has 0 spiro atoms. The van der Waals surface area contributed by atoms with Gasteiger partial charge in [0.2, 0.25) is 0 Å². The first-order valence-electron chi connectivity index (χ1n) is 7.23. The molecule has 3 heteroatoms. The molecule has 0 radical (unpaired) electrons. The molecule has 4 aromatic rings. The number of hydrogen-bond donors (Lipinski definition) is 0. The highest BCUT2D eigenvalue weighted by Crippen LogP contribution is 2.24. The number of carbonyl (C=O) groups is 1. The molecular formula is C19H14O3. The summed E-state index contributed by atoms with van der Waals surface area (Å²) >= 11 is 0. The lowest BCUT2D eigenvalue weighted by atomic mass is 10.1. The fourth-order valence-corrected chi connectivity index (χ4v) is 2.80. The van der Waals surface area contributed by atoms with Crippen molar-refractivity contribution in [3.63, 3.8) is 0 Å². The van der Waals surface area contributed by atoms with Crippen LogP contribution in [0, 0.1) is 0 Å². The quantitative estimate of drug-likeness (QED) is 0.554. The fraction of sp³-hybridized carbons (Fsp3) is 0.105. The van der Waals surface area contributed by atoms with Gasteiger partial charge in [0, 0.05) is 21.5 Å². The van der Waals surface area contributed by atoms with Crippen LogP contribution < -0.4 is 0 Å². The minimum Gasteiger partial charge on any atom is -0.468 e. The van der Waals surface area contributed by atoms with Crippen molar-refractivity contribution in [3.8, 4) is 0 Å². The zero-order valence-electron chi connectivity index (χ0n) is 11.9. The van der Waals surface area contributed by atoms with Crippen molar-refractivity contribution in [1.29, 1.82) is 0 Å². The Balaban J connectivity index is 1.58. The highest BCUT2D eigenvalue weighted by molar-refractivity contribution is 5.92. The van der Waals surface area contributed by atoms with E-state index in [0.29, 0.717) is 0 Å². The van der Waals surface area contributed by atoms with Crippen molar-refractivity contribution in [1.82, 2.24) is 0 Å². The first kappa shape index (κ1) is 12.9. The van der Waals surface area contributed by atoms with Gasteiger partial charge in [0.05, 0.1) is 25.4 Å². The second-order valence-electron chi connectivity index (χ2n) is 5.38. The van der Waals surface area contributed by atoms with Crippen molar-refractivity contribution < 1.29 is 13.6 Å². The smallest absolute Gasteiger partial charge is 0.147 e. The highest BCUT2D eigenvalue weighted by Gasteiger charge is 2.14. The van der Waals surface area contributed by atoms with Gasteiger partial charge in [-0.25, -0.2) is 0 Å². The summed E-state index contributed by atoms with van der Waals surface area (Å²) < 4.78 is 11.1. The summed E-state index contributed by atoms with van der Waals surface area (Å²) in [6.45, 7) is 0. The van der Waals surface area contributed by atoms with E-state index in [1.54, 1.807) is 12.5 Å². The summed E-state index contributed by atoms with van der Waals surface area (Å²) in [7, 11) is 0. The van der Waals surface area contributed by atoms with Crippen molar-refractivity contribution >= 4 is 27.3 Å². The molecule has 2 aromatic heterocycles. The molecule has 0 bridgehead atoms. The Labute approximate surface area is 127 Å². The largest absolute Gasteiger partial charge is 0.468 e. The Hall–Kier alpha value is -2.81. The van der Waals surface area contributed by atoms with E-state index in [-0.39, 0.29) is 18.6 Å². The predicted octanol–water partition coefficient (Wildman–Crippen LogP) is 4.53. The molecule has 0 aliphatic rings. The van der Waals surface area contributed by atoms with Crippen molar-refractivity contribution in [2.45, 2.75) is 12.8 Å². The number of hydrogen-bond acceptors (Lipinski definition) is 3. The Bertz CT molecular complexity index is 881. The van der Waals surface area contributed by atoms with Gasteiger partial charge in [0.1, 0.15) is 17.3 Å². The summed E-state index contributed by atoms with van der Waals surface area (Å²) in [4.78, 5) is 12.3. The van der Waals surface area contributed by atoms with Gasteiger partial charge < -0.3 is 8.83 Å². The molecule has 4 rings (SSSR count). The number of fused-ring (bicyclic) bond motifs is 2. The van der Waals surface area contributed by atoms with Crippen LogP contribution in [-0.2, 0) is 17.6 Å². The van der Waals surface area contributed by atoms with Crippen molar-refractivity contribution in [3.05, 3.63) is 72.6 Å². The van der Waals surface area contributed by atoms with Crippen molar-refractivity contribution in [2.75, 3.05) is 0 Å². The van der Waals surface area contributed by atoms with Crippen LogP contribution in [0.15, 0.2) is 69.9 Å². The predicted molar refractivity (Wildman–Crippen MR) is 84.8 cm³/mol. The minimum absolute atomic E-state index is 0.0835. The molecule has 0 amide bonds. The highest BCUT2D eigenvalue weighted by atomic mass is 16.3. The standard InChI is InChI=1S/C19H14O3/c20-15(9-18-16-7-3-1-5-13(16)11-21-18)10-19-17-8-4-2-6-14(17)12-22-19/h1-8,11-12H,9-10H2. The molecule has 0 aliphatic carbocycles. The average molecular weight is 290 g/mol. The number of carbonyl (C=O) groups excluding carboxylic acids is 1. The van der Waals surface area contributed by atoms with Crippen LogP contribution in [0.1, 0.15) is 11.5 Å². The van der Waals surface area contributed by atoms with Gasteiger partial charge in [-0.2, -0.15) is 0 Å². The van der Waals surface area contributed by atoms with E-state index >= 15 is 0 Å². The Morgan fingerprint density at radius 1 is 0.727 bits per heavy atom. The van der Waals surface area contributed by atoms with Gasteiger partial charge in [-0.3, -0.25) is 4.79 Å². The van der Waals surface area contributed by atoms with Crippen LogP contribution in [0.3, 0.4) is 0 Å². The molecular weight excluding hydrogens is 276 g/mol. The third kappa shape index (κ3) is 2.21. The summed E-state index contributed by atoms with van der Waals surface area (Å²) in [5, 5.41) is 4.04. The number of ketones is 1. The van der Waals surface area contributed by atoms with Crippen LogP contribution in [0.4, 0.5) is 0 Å². The fourth-order valence-electron chi connectivity index (χ4n) is 2.80. The SMILES string of the molecule is O=C(Cc1occ2ccccc12)Cc1occ2ccccc12. The zero-order valence-corrected chi connectivity index (χ0v) is 11.9. The monoisotopic (exact) mass is 290 g/mol. The second kappa shape index (κ2) is 5.19. The summed E-state index contributed by atoms with van der Waals surface area (Å²) in [5.41, 5.74) is 0. The molecule has 108 valence electrons. The third-order valence-electron chi connectivity index (χ3n) is 3.89. The number of furan rings is 2. The van der Waals surface area contributed by atoms with E-state index in [9.17, 15) is 4.79 Å². The molecule has 0 fully saturated rings. The lowest BCUT2D eigenvalue weighted by Gasteiger charge is -1.98. The van der Waals surface area contributed by atoms with Crippen LogP contribution >= 0.6 is 0 Å². The number of benzene rings is 2. The van der Waals surface area contributed by atoms with E-state index in [0.717, 1.165) is 33.1 Å². The second-order valence-corrected chi connectivity index (χ2v) is 5.38. The normalized spacial score (nSPS) is 11.3. The molecule has 0 unspecified atom stereocenters. The molecule has 0 saturated heterocycles. The molecule has 2 heterocycles. The first-order valence-corrected chi connectivity index (χ1v) is 7.23. The lowest BCUT2D eigenvalue weighted by Crippen LogP contribution is -2.05. The van der Waals surface area contributed by atoms with E-state index in [2.05, 4.69) is 0 Å². The van der Waals surface area contributed by atoms with Crippen LogP contribution in [-0.4, -0.2) is 5.78 Å². The first-order chi connectivity index (χ1) is 10.8. The third-order valence-corrected chi connectivity index (χ3v) is 3.89. The maximum Gasteiger partial charge on any atom is 0.147 e. The number of Topliss-reactive ketones (excluding diaryl/α,β-unsaturated/α-hetero) is 1. The van der Waals surface area contributed by atoms with E-state index in [1.807, 2.05) is 48.5 Å². The Kier molecular flexibility index (Phi) is 3.04. The average Bonchev–Trinajstić information content (AvgIpc) is 3.13. The number of rotatable bonds is 4. The molecule has 0 N–H and O–H groups in total. The Morgan fingerprint density at radius 2 is 1.18 bits per heavy atom. The van der Waals surface area contributed by atoms with Gasteiger partial charge in [-0.05, 0) is 0 Å². The Morgan fingerprint density at radius 3 is 1.68 bits per heavy atom. The summed E-state index contributed by atoms with van der Waals surface area (Å²) in [6.07, 6.45) is 3.95. The molecule has 0 aliphatic heterocycles. The summed E-state index contributed by atoms with van der Waals surface area (Å²) in [6, 6.07) is 15.7. The molecule has 2 aromatic carbocycles. The lowest BCUT2D eigenvalue weighted by molar-refractivity contribution is -0.118. The molecule has 3 nitrogen and oxygen atoms in total. The van der Waals surface area contributed by atoms with Crippen LogP contribution in [0.2, 0.25) is 0 Å². The van der Waals surface area contributed by atoms with Gasteiger partial charge in [0.25, 0.3) is 0 Å². The van der Waals surface area contributed by atoms with E-state index in [4.69, 9.17) is 8.83 Å². The van der Waals surface area contributed by atoms with Gasteiger partial charge >= 0.3 is 0 Å². The van der Waals surface area contributed by atoms with Gasteiger partial charge in [-0.15, -0.1) is 0 Å². The molecule has 0 saturated carbocycles.